The van der Waals surface area contributed by atoms with Crippen LogP contribution in [0.5, 0.6) is 0 Å². The van der Waals surface area contributed by atoms with Crippen LogP contribution in [0.1, 0.15) is 52.5 Å². The number of Topliss-reactive ketones (excluding diaryl/α,β-unsaturated/α-hetero) is 1. The molecule has 2 rings (SSSR count). The summed E-state index contributed by atoms with van der Waals surface area (Å²) in [5.41, 5.74) is -1.34. The van der Waals surface area contributed by atoms with Gasteiger partial charge < -0.3 is 14.6 Å². The molecule has 1 saturated carbocycles. The summed E-state index contributed by atoms with van der Waals surface area (Å²) >= 11 is 0. The average molecular weight is 394 g/mol. The van der Waals surface area contributed by atoms with Crippen molar-refractivity contribution in [2.75, 3.05) is 0 Å². The van der Waals surface area contributed by atoms with Crippen molar-refractivity contribution >= 4 is 17.7 Å². The standard InChI is InChI=1S/C21H27FO6/c1-11(2)27-19(24)17-15(23)10-21(5,26)18(20(25)28-12(3)4)16(17)13-6-8-14(22)9-7-13/h6-9,11-12,16-18,26H,10H2,1-5H3/t16-,17+,18-,21-/m0/s1. The van der Waals surface area contributed by atoms with Crippen LogP contribution >= 0.6 is 0 Å². The average Bonchev–Trinajstić information content (AvgIpc) is 2.52. The molecule has 7 heteroatoms. The smallest absolute Gasteiger partial charge is 0.317 e. The number of rotatable bonds is 5. The maximum Gasteiger partial charge on any atom is 0.317 e. The van der Waals surface area contributed by atoms with E-state index in [2.05, 4.69) is 0 Å². The van der Waals surface area contributed by atoms with Gasteiger partial charge in [-0.05, 0) is 52.3 Å². The molecule has 4 atom stereocenters. The van der Waals surface area contributed by atoms with E-state index in [1.807, 2.05) is 0 Å². The molecule has 0 heterocycles. The van der Waals surface area contributed by atoms with Crippen LogP contribution in [0, 0.1) is 17.7 Å². The van der Waals surface area contributed by atoms with Crippen LogP contribution in [0.2, 0.25) is 0 Å². The lowest BCUT2D eigenvalue weighted by molar-refractivity contribution is -0.176. The number of halogens is 1. The second kappa shape index (κ2) is 8.39. The van der Waals surface area contributed by atoms with Crippen molar-refractivity contribution in [2.45, 2.75) is 64.8 Å². The molecule has 1 fully saturated rings. The molecule has 28 heavy (non-hydrogen) atoms. The van der Waals surface area contributed by atoms with Gasteiger partial charge in [-0.15, -0.1) is 0 Å². The molecule has 0 spiro atoms. The highest BCUT2D eigenvalue weighted by atomic mass is 19.1. The molecule has 1 aromatic carbocycles. The molecular formula is C21H27FO6. The van der Waals surface area contributed by atoms with E-state index >= 15 is 0 Å². The predicted octanol–water partition coefficient (Wildman–Crippen LogP) is 2.77. The summed E-state index contributed by atoms with van der Waals surface area (Å²) in [5, 5.41) is 10.9. The predicted molar refractivity (Wildman–Crippen MR) is 98.8 cm³/mol. The van der Waals surface area contributed by atoms with Crippen LogP contribution in [-0.2, 0) is 23.9 Å². The Morgan fingerprint density at radius 3 is 2.07 bits per heavy atom. The first kappa shape index (κ1) is 22.0. The van der Waals surface area contributed by atoms with Crippen LogP contribution < -0.4 is 0 Å². The van der Waals surface area contributed by atoms with E-state index in [-0.39, 0.29) is 6.42 Å². The summed E-state index contributed by atoms with van der Waals surface area (Å²) in [6.07, 6.45) is -1.30. The fourth-order valence-corrected chi connectivity index (χ4v) is 3.71. The van der Waals surface area contributed by atoms with E-state index in [1.165, 1.54) is 31.2 Å². The molecule has 0 radical (unpaired) electrons. The van der Waals surface area contributed by atoms with E-state index in [9.17, 15) is 23.9 Å². The third kappa shape index (κ3) is 4.76. The first-order valence-electron chi connectivity index (χ1n) is 9.35. The number of ketones is 1. The summed E-state index contributed by atoms with van der Waals surface area (Å²) in [4.78, 5) is 38.4. The molecule has 154 valence electrons. The van der Waals surface area contributed by atoms with Crippen LogP contribution in [0.4, 0.5) is 4.39 Å². The third-order valence-electron chi connectivity index (χ3n) is 4.73. The van der Waals surface area contributed by atoms with E-state index < -0.39 is 59.1 Å². The molecule has 1 aromatic rings. The lowest BCUT2D eigenvalue weighted by Gasteiger charge is -2.44. The Morgan fingerprint density at radius 1 is 1.07 bits per heavy atom. The van der Waals surface area contributed by atoms with Crippen molar-refractivity contribution in [3.05, 3.63) is 35.6 Å². The van der Waals surface area contributed by atoms with Crippen LogP contribution in [0.3, 0.4) is 0 Å². The van der Waals surface area contributed by atoms with E-state index in [4.69, 9.17) is 9.47 Å². The first-order valence-corrected chi connectivity index (χ1v) is 9.35. The summed E-state index contributed by atoms with van der Waals surface area (Å²) in [5.74, 6) is -6.04. The quantitative estimate of drug-likeness (QED) is 0.610. The lowest BCUT2D eigenvalue weighted by atomic mass is 9.61. The minimum absolute atomic E-state index is 0.381. The van der Waals surface area contributed by atoms with Gasteiger partial charge in [-0.1, -0.05) is 12.1 Å². The Balaban J connectivity index is 2.59. The normalized spacial score (nSPS) is 27.8. The number of benzene rings is 1. The number of hydrogen-bond donors (Lipinski definition) is 1. The van der Waals surface area contributed by atoms with E-state index in [0.717, 1.165) is 0 Å². The van der Waals surface area contributed by atoms with E-state index in [0.29, 0.717) is 5.56 Å². The van der Waals surface area contributed by atoms with Gasteiger partial charge >= 0.3 is 11.9 Å². The third-order valence-corrected chi connectivity index (χ3v) is 4.73. The van der Waals surface area contributed by atoms with Crippen molar-refractivity contribution in [1.29, 1.82) is 0 Å². The second-order valence-electron chi connectivity index (χ2n) is 8.00. The Morgan fingerprint density at radius 2 is 1.57 bits per heavy atom. The van der Waals surface area contributed by atoms with Gasteiger partial charge in [-0.2, -0.15) is 0 Å². The highest BCUT2D eigenvalue weighted by Gasteiger charge is 2.57. The molecule has 6 nitrogen and oxygen atoms in total. The lowest BCUT2D eigenvalue weighted by Crippen LogP contribution is -2.55. The Labute approximate surface area is 164 Å². The SMILES string of the molecule is CC(C)OC(=O)[C@@H]1C(=O)C[C@](C)(O)[C@H](C(=O)OC(C)C)[C@H]1c1ccc(F)cc1. The Bertz CT molecular complexity index is 730. The Hall–Kier alpha value is -2.28. The topological polar surface area (TPSA) is 89.9 Å². The molecule has 1 aliphatic carbocycles. The van der Waals surface area contributed by atoms with Crippen molar-refractivity contribution in [3.63, 3.8) is 0 Å². The molecule has 0 amide bonds. The molecule has 0 aliphatic heterocycles. The maximum atomic E-state index is 13.4. The molecule has 1 aliphatic rings. The number of aliphatic hydroxyl groups is 1. The van der Waals surface area contributed by atoms with E-state index in [1.54, 1.807) is 27.7 Å². The number of ether oxygens (including phenoxy) is 2. The molecule has 0 saturated heterocycles. The molecule has 0 bridgehead atoms. The molecule has 0 aromatic heterocycles. The first-order chi connectivity index (χ1) is 12.9. The van der Waals surface area contributed by atoms with Crippen molar-refractivity contribution in [3.8, 4) is 0 Å². The van der Waals surface area contributed by atoms with Crippen molar-refractivity contribution < 1.29 is 33.4 Å². The van der Waals surface area contributed by atoms with Gasteiger partial charge in [-0.3, -0.25) is 14.4 Å². The zero-order valence-corrected chi connectivity index (χ0v) is 16.8. The summed E-state index contributed by atoms with van der Waals surface area (Å²) in [6, 6.07) is 5.16. The van der Waals surface area contributed by atoms with Gasteiger partial charge in [0.1, 0.15) is 11.7 Å². The largest absolute Gasteiger partial charge is 0.463 e. The molecule has 0 unspecified atom stereocenters. The highest BCUT2D eigenvalue weighted by Crippen LogP contribution is 2.47. The number of esters is 2. The number of hydrogen-bond acceptors (Lipinski definition) is 6. The fourth-order valence-electron chi connectivity index (χ4n) is 3.71. The van der Waals surface area contributed by atoms with Crippen LogP contribution in [0.25, 0.3) is 0 Å². The summed E-state index contributed by atoms with van der Waals surface area (Å²) in [6.45, 7) is 8.01. The maximum absolute atomic E-state index is 13.4. The van der Waals surface area contributed by atoms with Gasteiger partial charge in [0.2, 0.25) is 0 Å². The summed E-state index contributed by atoms with van der Waals surface area (Å²) < 4.78 is 24.0. The van der Waals surface area contributed by atoms with Crippen molar-refractivity contribution in [2.24, 2.45) is 11.8 Å². The zero-order chi connectivity index (χ0) is 21.2. The number of carbonyl (C=O) groups is 3. The highest BCUT2D eigenvalue weighted by molar-refractivity contribution is 6.02. The Kier molecular flexibility index (Phi) is 6.59. The summed E-state index contributed by atoms with van der Waals surface area (Å²) in [7, 11) is 0. The van der Waals surface area contributed by atoms with Gasteiger partial charge in [0.15, 0.2) is 5.78 Å². The van der Waals surface area contributed by atoms with Crippen LogP contribution in [0.15, 0.2) is 24.3 Å². The van der Waals surface area contributed by atoms with Gasteiger partial charge in [-0.25, -0.2) is 4.39 Å². The van der Waals surface area contributed by atoms with Gasteiger partial charge in [0.25, 0.3) is 0 Å². The van der Waals surface area contributed by atoms with Crippen molar-refractivity contribution in [1.82, 2.24) is 0 Å². The van der Waals surface area contributed by atoms with Crippen LogP contribution in [-0.4, -0.2) is 40.6 Å². The second-order valence-corrected chi connectivity index (χ2v) is 8.00. The molecule has 1 N–H and O–H groups in total. The fraction of sp³-hybridized carbons (Fsp3) is 0.571. The minimum atomic E-state index is -1.73. The van der Waals surface area contributed by atoms with Gasteiger partial charge in [0.05, 0.1) is 23.7 Å². The monoisotopic (exact) mass is 394 g/mol. The molecular weight excluding hydrogens is 367 g/mol. The number of carbonyl (C=O) groups excluding carboxylic acids is 3. The van der Waals surface area contributed by atoms with Gasteiger partial charge in [0, 0.05) is 12.3 Å². The zero-order valence-electron chi connectivity index (χ0n) is 16.8. The minimum Gasteiger partial charge on any atom is -0.463 e.